The van der Waals surface area contributed by atoms with Crippen molar-refractivity contribution < 1.29 is 17.5 Å². The van der Waals surface area contributed by atoms with Gasteiger partial charge in [-0.3, -0.25) is 4.79 Å². The van der Waals surface area contributed by atoms with Gasteiger partial charge in [-0.15, -0.1) is 0 Å². The van der Waals surface area contributed by atoms with Crippen LogP contribution in [0.1, 0.15) is 60.9 Å². The first kappa shape index (κ1) is 25.0. The smallest absolute Gasteiger partial charge is 0.279 e. The molecule has 0 radical (unpaired) electrons. The average molecular weight is 492 g/mol. The zero-order valence-electron chi connectivity index (χ0n) is 20.0. The molecule has 2 heterocycles. The lowest BCUT2D eigenvalue weighted by atomic mass is 9.82. The summed E-state index contributed by atoms with van der Waals surface area (Å²) in [6.07, 6.45) is 4.74. The number of hydrogen-bond donors (Lipinski definition) is 1. The number of aryl methyl sites for hydroxylation is 2. The molecule has 1 aliphatic heterocycles. The van der Waals surface area contributed by atoms with Crippen LogP contribution in [0.4, 0.5) is 4.39 Å². The van der Waals surface area contributed by atoms with Crippen LogP contribution in [0, 0.1) is 12.7 Å². The molecule has 0 bridgehead atoms. The molecule has 9 heteroatoms. The van der Waals surface area contributed by atoms with Gasteiger partial charge in [-0.2, -0.15) is 17.4 Å². The van der Waals surface area contributed by atoms with Crippen molar-refractivity contribution in [3.05, 3.63) is 69.4 Å². The Morgan fingerprint density at radius 3 is 2.53 bits per heavy atom. The highest BCUT2D eigenvalue weighted by atomic mass is 32.2. The molecule has 1 aromatic heterocycles. The van der Waals surface area contributed by atoms with E-state index in [9.17, 15) is 17.6 Å². The number of nitrogens with one attached hydrogen (secondary N) is 1. The van der Waals surface area contributed by atoms with E-state index >= 15 is 0 Å². The molecule has 0 saturated heterocycles. The lowest BCUT2D eigenvalue weighted by Crippen LogP contribution is -2.52. The normalized spacial score (nSPS) is 25.3. The van der Waals surface area contributed by atoms with E-state index in [2.05, 4.69) is 4.72 Å². The van der Waals surface area contributed by atoms with E-state index in [0.717, 1.165) is 41.2 Å². The van der Waals surface area contributed by atoms with Crippen molar-refractivity contribution in [1.82, 2.24) is 13.6 Å². The molecule has 2 atom stereocenters. The Labute approximate surface area is 201 Å². The maximum Gasteiger partial charge on any atom is 0.279 e. The number of halogens is 1. The fraction of sp³-hybridized carbons (Fsp3) is 0.560. The van der Waals surface area contributed by atoms with Crippen LogP contribution in [0.2, 0.25) is 0 Å². The van der Waals surface area contributed by atoms with Gasteiger partial charge in [0, 0.05) is 31.4 Å². The SMILES string of the molecule is Cc1ccc2n(c1=O)C(COC1CCC(c3cccc(F)c3)CC1)C(NS(=O)(=O)N(C)C)CC2. The first-order valence-corrected chi connectivity index (χ1v) is 13.4. The lowest BCUT2D eigenvalue weighted by Gasteiger charge is -2.37. The summed E-state index contributed by atoms with van der Waals surface area (Å²) in [7, 11) is -0.691. The largest absolute Gasteiger partial charge is 0.376 e. The average Bonchev–Trinajstić information content (AvgIpc) is 2.81. The number of rotatable bonds is 7. The minimum absolute atomic E-state index is 0.0294. The maximum atomic E-state index is 13.6. The summed E-state index contributed by atoms with van der Waals surface area (Å²) in [5.41, 5.74) is 2.45. The summed E-state index contributed by atoms with van der Waals surface area (Å²) >= 11 is 0. The first-order chi connectivity index (χ1) is 16.2. The van der Waals surface area contributed by atoms with Crippen molar-refractivity contribution in [3.63, 3.8) is 0 Å². The minimum Gasteiger partial charge on any atom is -0.376 e. The van der Waals surface area contributed by atoms with Gasteiger partial charge in [0.05, 0.1) is 18.8 Å². The highest BCUT2D eigenvalue weighted by molar-refractivity contribution is 7.87. The fourth-order valence-corrected chi connectivity index (χ4v) is 5.99. The van der Waals surface area contributed by atoms with Crippen LogP contribution < -0.4 is 10.3 Å². The summed E-state index contributed by atoms with van der Waals surface area (Å²) in [5, 5.41) is 0. The van der Waals surface area contributed by atoms with Crippen molar-refractivity contribution in [2.24, 2.45) is 0 Å². The van der Waals surface area contributed by atoms with Crippen LogP contribution in [0.3, 0.4) is 0 Å². The number of nitrogens with zero attached hydrogens (tertiary/aromatic N) is 2. The second-order valence-electron chi connectivity index (χ2n) is 9.66. The van der Waals surface area contributed by atoms with Gasteiger partial charge < -0.3 is 9.30 Å². The third kappa shape index (κ3) is 5.43. The van der Waals surface area contributed by atoms with E-state index < -0.39 is 22.3 Å². The molecule has 1 N–H and O–H groups in total. The van der Waals surface area contributed by atoms with E-state index in [1.807, 2.05) is 18.2 Å². The molecule has 0 amide bonds. The standard InChI is InChI=1S/C25H34FN3O4S/c1-17-7-10-21-11-14-23(27-34(31,32)28(2)3)24(29(21)25(17)30)16-33-22-12-8-18(9-13-22)19-5-4-6-20(26)15-19/h4-7,10,15,18,22-24,27H,8-9,11-14,16H2,1-3H3. The van der Waals surface area contributed by atoms with Crippen LogP contribution in [-0.4, -0.2) is 50.1 Å². The van der Waals surface area contributed by atoms with Crippen molar-refractivity contribution in [3.8, 4) is 0 Å². The summed E-state index contributed by atoms with van der Waals surface area (Å²) in [5.74, 6) is 0.106. The summed E-state index contributed by atoms with van der Waals surface area (Å²) in [6, 6.07) is 9.71. The number of benzene rings is 1. The fourth-order valence-electron chi connectivity index (χ4n) is 5.12. The van der Waals surface area contributed by atoms with E-state index in [0.29, 0.717) is 24.3 Å². The van der Waals surface area contributed by atoms with E-state index in [1.165, 1.54) is 20.2 Å². The van der Waals surface area contributed by atoms with Gasteiger partial charge in [0.2, 0.25) is 0 Å². The molecule has 0 spiro atoms. The number of hydrogen-bond acceptors (Lipinski definition) is 4. The molecule has 4 rings (SSSR count). The second-order valence-corrected chi connectivity index (χ2v) is 11.6. The van der Waals surface area contributed by atoms with Gasteiger partial charge in [0.25, 0.3) is 15.8 Å². The highest BCUT2D eigenvalue weighted by Crippen LogP contribution is 2.35. The molecule has 34 heavy (non-hydrogen) atoms. The first-order valence-electron chi connectivity index (χ1n) is 11.9. The van der Waals surface area contributed by atoms with Crippen LogP contribution in [0.25, 0.3) is 0 Å². The molecule has 2 aliphatic rings. The Hall–Kier alpha value is -2.07. The third-order valence-electron chi connectivity index (χ3n) is 7.18. The van der Waals surface area contributed by atoms with Crippen LogP contribution in [0.5, 0.6) is 0 Å². The zero-order chi connectivity index (χ0) is 24.5. The predicted molar refractivity (Wildman–Crippen MR) is 130 cm³/mol. The molecular weight excluding hydrogens is 457 g/mol. The van der Waals surface area contributed by atoms with E-state index in [1.54, 1.807) is 23.6 Å². The molecule has 1 aliphatic carbocycles. The van der Waals surface area contributed by atoms with Crippen LogP contribution in [-0.2, 0) is 21.4 Å². The van der Waals surface area contributed by atoms with Gasteiger partial charge in [-0.1, -0.05) is 18.2 Å². The predicted octanol–water partition coefficient (Wildman–Crippen LogP) is 3.29. The van der Waals surface area contributed by atoms with Gasteiger partial charge in [-0.25, -0.2) is 4.39 Å². The number of ether oxygens (including phenoxy) is 1. The quantitative estimate of drug-likeness (QED) is 0.645. The second kappa shape index (κ2) is 10.3. The van der Waals surface area contributed by atoms with Crippen molar-refractivity contribution in [2.45, 2.75) is 69.6 Å². The number of pyridine rings is 1. The molecule has 1 saturated carbocycles. The Kier molecular flexibility index (Phi) is 7.57. The lowest BCUT2D eigenvalue weighted by molar-refractivity contribution is -0.00178. The number of fused-ring (bicyclic) bond motifs is 1. The van der Waals surface area contributed by atoms with Crippen molar-refractivity contribution in [2.75, 3.05) is 20.7 Å². The Morgan fingerprint density at radius 2 is 1.85 bits per heavy atom. The molecule has 2 aromatic rings. The zero-order valence-corrected chi connectivity index (χ0v) is 20.9. The van der Waals surface area contributed by atoms with Crippen molar-refractivity contribution >= 4 is 10.2 Å². The molecule has 1 aromatic carbocycles. The molecule has 186 valence electrons. The molecule has 1 fully saturated rings. The Balaban J connectivity index is 1.48. The maximum absolute atomic E-state index is 13.6. The topological polar surface area (TPSA) is 80.6 Å². The van der Waals surface area contributed by atoms with Crippen LogP contribution >= 0.6 is 0 Å². The van der Waals surface area contributed by atoms with Gasteiger partial charge in [0.15, 0.2) is 0 Å². The van der Waals surface area contributed by atoms with E-state index in [-0.39, 0.29) is 24.1 Å². The molecular formula is C25H34FN3O4S. The number of aromatic nitrogens is 1. The summed E-state index contributed by atoms with van der Waals surface area (Å²) < 4.78 is 50.7. The minimum atomic E-state index is -3.66. The third-order valence-corrected chi connectivity index (χ3v) is 8.74. The highest BCUT2D eigenvalue weighted by Gasteiger charge is 2.35. The van der Waals surface area contributed by atoms with E-state index in [4.69, 9.17) is 4.74 Å². The van der Waals surface area contributed by atoms with Crippen LogP contribution in [0.15, 0.2) is 41.2 Å². The Bertz CT molecular complexity index is 1170. The van der Waals surface area contributed by atoms with Gasteiger partial charge >= 0.3 is 0 Å². The monoisotopic (exact) mass is 491 g/mol. The molecule has 2 unspecified atom stereocenters. The van der Waals surface area contributed by atoms with Crippen molar-refractivity contribution in [1.29, 1.82) is 0 Å². The summed E-state index contributed by atoms with van der Waals surface area (Å²) in [6.45, 7) is 2.03. The Morgan fingerprint density at radius 1 is 1.12 bits per heavy atom. The van der Waals surface area contributed by atoms with Gasteiger partial charge in [0.1, 0.15) is 5.82 Å². The summed E-state index contributed by atoms with van der Waals surface area (Å²) in [4.78, 5) is 13.0. The molecule has 7 nitrogen and oxygen atoms in total. The van der Waals surface area contributed by atoms with Gasteiger partial charge in [-0.05, 0) is 75.1 Å².